The zero-order valence-electron chi connectivity index (χ0n) is 17.1. The van der Waals surface area contributed by atoms with E-state index in [0.29, 0.717) is 42.1 Å². The van der Waals surface area contributed by atoms with E-state index < -0.39 is 10.0 Å². The standard InChI is InChI=1S/C22H25N3O4S/c1-3-28-20-9-5-4-8-19(20)21-23-22(29-24-21)17-7-6-14-25(15-17)30(26,27)18-12-10-16(2)11-13-18/h4-5,8-13,17H,3,6-7,14-15H2,1-2H3/t17-/m0/s1. The Morgan fingerprint density at radius 1 is 1.17 bits per heavy atom. The molecule has 0 bridgehead atoms. The summed E-state index contributed by atoms with van der Waals surface area (Å²) in [5.74, 6) is 1.46. The first-order chi connectivity index (χ1) is 14.5. The summed E-state index contributed by atoms with van der Waals surface area (Å²) in [5.41, 5.74) is 1.78. The fourth-order valence-electron chi connectivity index (χ4n) is 3.66. The summed E-state index contributed by atoms with van der Waals surface area (Å²) in [6.45, 7) is 5.20. The van der Waals surface area contributed by atoms with Crippen molar-refractivity contribution < 1.29 is 17.7 Å². The largest absolute Gasteiger partial charge is 0.493 e. The van der Waals surface area contributed by atoms with Crippen LogP contribution in [0.3, 0.4) is 0 Å². The summed E-state index contributed by atoms with van der Waals surface area (Å²) in [5, 5.41) is 4.13. The molecule has 0 spiro atoms. The topological polar surface area (TPSA) is 85.5 Å². The van der Waals surface area contributed by atoms with Crippen LogP contribution in [0.2, 0.25) is 0 Å². The van der Waals surface area contributed by atoms with Gasteiger partial charge in [0.05, 0.1) is 23.0 Å². The van der Waals surface area contributed by atoms with Gasteiger partial charge in [0.1, 0.15) is 5.75 Å². The van der Waals surface area contributed by atoms with Gasteiger partial charge in [-0.2, -0.15) is 9.29 Å². The molecule has 3 aromatic rings. The predicted molar refractivity (Wildman–Crippen MR) is 113 cm³/mol. The monoisotopic (exact) mass is 427 g/mol. The number of ether oxygens (including phenoxy) is 1. The molecule has 4 rings (SSSR count). The lowest BCUT2D eigenvalue weighted by Crippen LogP contribution is -2.39. The smallest absolute Gasteiger partial charge is 0.243 e. The maximum absolute atomic E-state index is 13.1. The van der Waals surface area contributed by atoms with Crippen molar-refractivity contribution in [3.05, 3.63) is 60.0 Å². The van der Waals surface area contributed by atoms with Gasteiger partial charge in [-0.1, -0.05) is 35.0 Å². The number of benzene rings is 2. The molecule has 158 valence electrons. The number of para-hydroxylation sites is 1. The number of hydrogen-bond acceptors (Lipinski definition) is 6. The molecule has 1 aliphatic heterocycles. The molecule has 0 saturated carbocycles. The average Bonchev–Trinajstić information content (AvgIpc) is 3.25. The van der Waals surface area contributed by atoms with Crippen molar-refractivity contribution in [2.75, 3.05) is 19.7 Å². The van der Waals surface area contributed by atoms with Crippen LogP contribution in [0.1, 0.15) is 37.1 Å². The van der Waals surface area contributed by atoms with E-state index in [0.717, 1.165) is 24.0 Å². The van der Waals surface area contributed by atoms with Gasteiger partial charge in [0.25, 0.3) is 0 Å². The number of aryl methyl sites for hydroxylation is 1. The summed E-state index contributed by atoms with van der Waals surface area (Å²) < 4.78 is 38.8. The number of nitrogens with zero attached hydrogens (tertiary/aromatic N) is 3. The molecule has 1 aromatic heterocycles. The molecule has 8 heteroatoms. The molecule has 0 aliphatic carbocycles. The Labute approximate surface area is 176 Å². The van der Waals surface area contributed by atoms with Crippen molar-refractivity contribution >= 4 is 10.0 Å². The van der Waals surface area contributed by atoms with Crippen molar-refractivity contribution in [1.82, 2.24) is 14.4 Å². The van der Waals surface area contributed by atoms with Crippen LogP contribution < -0.4 is 4.74 Å². The number of piperidine rings is 1. The van der Waals surface area contributed by atoms with Crippen molar-refractivity contribution in [3.8, 4) is 17.1 Å². The Morgan fingerprint density at radius 3 is 2.70 bits per heavy atom. The van der Waals surface area contributed by atoms with Crippen molar-refractivity contribution in [2.24, 2.45) is 0 Å². The van der Waals surface area contributed by atoms with Crippen LogP contribution >= 0.6 is 0 Å². The van der Waals surface area contributed by atoms with Gasteiger partial charge in [-0.25, -0.2) is 8.42 Å². The van der Waals surface area contributed by atoms with Gasteiger partial charge in [-0.05, 0) is 51.0 Å². The second-order valence-electron chi connectivity index (χ2n) is 7.40. The third-order valence-corrected chi connectivity index (χ3v) is 7.14. The average molecular weight is 428 g/mol. The molecule has 2 heterocycles. The maximum atomic E-state index is 13.1. The third kappa shape index (κ3) is 4.11. The second kappa shape index (κ2) is 8.57. The lowest BCUT2D eigenvalue weighted by atomic mass is 10.00. The number of hydrogen-bond donors (Lipinski definition) is 0. The summed E-state index contributed by atoms with van der Waals surface area (Å²) >= 11 is 0. The lowest BCUT2D eigenvalue weighted by molar-refractivity contribution is 0.265. The SMILES string of the molecule is CCOc1ccccc1-c1noc([C@H]2CCCN(S(=O)(=O)c3ccc(C)cc3)C2)n1. The molecule has 1 fully saturated rings. The number of aromatic nitrogens is 2. The minimum atomic E-state index is -3.56. The van der Waals surface area contributed by atoms with Crippen LogP contribution in [0.25, 0.3) is 11.4 Å². The predicted octanol–water partition coefficient (Wildman–Crippen LogP) is 4.01. The van der Waals surface area contributed by atoms with E-state index in [9.17, 15) is 8.42 Å². The Kier molecular flexibility index (Phi) is 5.87. The van der Waals surface area contributed by atoms with Gasteiger partial charge in [-0.15, -0.1) is 0 Å². The minimum Gasteiger partial charge on any atom is -0.493 e. The van der Waals surface area contributed by atoms with Crippen LogP contribution in [0.15, 0.2) is 57.9 Å². The summed E-state index contributed by atoms with van der Waals surface area (Å²) in [7, 11) is -3.56. The highest BCUT2D eigenvalue weighted by Gasteiger charge is 2.33. The highest BCUT2D eigenvalue weighted by Crippen LogP contribution is 2.32. The minimum absolute atomic E-state index is 0.139. The van der Waals surface area contributed by atoms with E-state index in [1.807, 2.05) is 50.2 Å². The zero-order valence-corrected chi connectivity index (χ0v) is 17.9. The Morgan fingerprint density at radius 2 is 1.93 bits per heavy atom. The van der Waals surface area contributed by atoms with Crippen LogP contribution in [-0.2, 0) is 10.0 Å². The Balaban J connectivity index is 1.55. The van der Waals surface area contributed by atoms with Crippen LogP contribution in [-0.4, -0.2) is 42.6 Å². The number of sulfonamides is 1. The maximum Gasteiger partial charge on any atom is 0.243 e. The lowest BCUT2D eigenvalue weighted by Gasteiger charge is -2.30. The van der Waals surface area contributed by atoms with Crippen molar-refractivity contribution in [2.45, 2.75) is 37.5 Å². The summed E-state index contributed by atoms with van der Waals surface area (Å²) in [6.07, 6.45) is 1.54. The third-order valence-electron chi connectivity index (χ3n) is 5.26. The van der Waals surface area contributed by atoms with E-state index >= 15 is 0 Å². The fraction of sp³-hybridized carbons (Fsp3) is 0.364. The molecule has 0 N–H and O–H groups in total. The molecule has 30 heavy (non-hydrogen) atoms. The van der Waals surface area contributed by atoms with Gasteiger partial charge < -0.3 is 9.26 Å². The second-order valence-corrected chi connectivity index (χ2v) is 9.34. The summed E-state index contributed by atoms with van der Waals surface area (Å²) in [4.78, 5) is 4.88. The molecule has 1 atom stereocenters. The van der Waals surface area contributed by atoms with Gasteiger partial charge in [0, 0.05) is 13.1 Å². The van der Waals surface area contributed by atoms with E-state index in [1.54, 1.807) is 12.1 Å². The molecule has 1 aliphatic rings. The number of rotatable bonds is 6. The Hall–Kier alpha value is -2.71. The molecule has 0 radical (unpaired) electrons. The van der Waals surface area contributed by atoms with Crippen molar-refractivity contribution in [3.63, 3.8) is 0 Å². The van der Waals surface area contributed by atoms with Crippen LogP contribution in [0.5, 0.6) is 5.75 Å². The van der Waals surface area contributed by atoms with Crippen LogP contribution in [0, 0.1) is 6.92 Å². The van der Waals surface area contributed by atoms with Gasteiger partial charge >= 0.3 is 0 Å². The van der Waals surface area contributed by atoms with Gasteiger partial charge in [0.2, 0.25) is 21.7 Å². The van der Waals surface area contributed by atoms with E-state index in [2.05, 4.69) is 10.1 Å². The van der Waals surface area contributed by atoms with E-state index in [-0.39, 0.29) is 5.92 Å². The normalized spacial score (nSPS) is 17.7. The van der Waals surface area contributed by atoms with Gasteiger partial charge in [0.15, 0.2) is 0 Å². The molecule has 2 aromatic carbocycles. The molecule has 7 nitrogen and oxygen atoms in total. The van der Waals surface area contributed by atoms with Crippen molar-refractivity contribution in [1.29, 1.82) is 0 Å². The zero-order chi connectivity index (χ0) is 21.1. The Bertz CT molecular complexity index is 1110. The van der Waals surface area contributed by atoms with E-state index in [1.165, 1.54) is 4.31 Å². The molecular formula is C22H25N3O4S. The van der Waals surface area contributed by atoms with E-state index in [4.69, 9.17) is 9.26 Å². The first-order valence-corrected chi connectivity index (χ1v) is 11.6. The molecule has 1 saturated heterocycles. The molecule has 0 unspecified atom stereocenters. The highest BCUT2D eigenvalue weighted by atomic mass is 32.2. The summed E-state index contributed by atoms with van der Waals surface area (Å²) in [6, 6.07) is 14.5. The fourth-order valence-corrected chi connectivity index (χ4v) is 5.19. The molecular weight excluding hydrogens is 402 g/mol. The van der Waals surface area contributed by atoms with Gasteiger partial charge in [-0.3, -0.25) is 0 Å². The highest BCUT2D eigenvalue weighted by molar-refractivity contribution is 7.89. The first-order valence-electron chi connectivity index (χ1n) is 10.1. The first kappa shape index (κ1) is 20.6. The van der Waals surface area contributed by atoms with Crippen LogP contribution in [0.4, 0.5) is 0 Å². The molecule has 0 amide bonds. The quantitative estimate of drug-likeness (QED) is 0.591.